The molecule has 0 unspecified atom stereocenters. The van der Waals surface area contributed by atoms with E-state index in [1.165, 1.54) is 6.42 Å². The second-order valence-electron chi connectivity index (χ2n) is 0.707. The number of hydrogen-bond donors (Lipinski definition) is 0. The van der Waals surface area contributed by atoms with Crippen molar-refractivity contribution >= 4 is 48.9 Å². The summed E-state index contributed by atoms with van der Waals surface area (Å²) in [6, 6.07) is 0. The molecule has 0 aliphatic rings. The van der Waals surface area contributed by atoms with E-state index in [1.54, 1.807) is 0 Å². The van der Waals surface area contributed by atoms with Crippen LogP contribution in [0.4, 0.5) is 0 Å². The van der Waals surface area contributed by atoms with Gasteiger partial charge < -0.3 is 2.85 Å². The third-order valence-electron chi connectivity index (χ3n) is 0. The Bertz CT molecular complexity index is 8.75. The first kappa shape index (κ1) is 9.13. The molecule has 0 aliphatic heterocycles. The van der Waals surface area contributed by atoms with Crippen molar-refractivity contribution in [3.8, 4) is 0 Å². The third kappa shape index (κ3) is 9.56. The van der Waals surface area contributed by atoms with Gasteiger partial charge in [-0.1, -0.05) is 20.3 Å². The largest absolute Gasteiger partial charge is 2.00 e. The number of hydrogen-bond acceptors (Lipinski definition) is 0. The van der Waals surface area contributed by atoms with Crippen LogP contribution >= 0.6 is 0 Å². The first-order chi connectivity index (χ1) is 1.41. The van der Waals surface area contributed by atoms with Crippen molar-refractivity contribution < 1.29 is 2.85 Å². The molecule has 0 aromatic rings. The molecule has 0 saturated heterocycles. The van der Waals surface area contributed by atoms with Gasteiger partial charge in [-0.3, -0.25) is 0 Å². The quantitative estimate of drug-likeness (QED) is 0.496. The van der Waals surface area contributed by atoms with Gasteiger partial charge in [-0.2, -0.15) is 0 Å². The summed E-state index contributed by atoms with van der Waals surface area (Å²) < 4.78 is 0. The summed E-state index contributed by atoms with van der Waals surface area (Å²) in [6.45, 7) is 4.25. The van der Waals surface area contributed by atoms with E-state index >= 15 is 0 Å². The Hall–Kier alpha value is 1.57. The molecule has 0 spiro atoms. The van der Waals surface area contributed by atoms with E-state index in [9.17, 15) is 0 Å². The van der Waals surface area contributed by atoms with Crippen molar-refractivity contribution in [2.75, 3.05) is 0 Å². The van der Waals surface area contributed by atoms with Gasteiger partial charge in [0.15, 0.2) is 0 Å². The van der Waals surface area contributed by atoms with Crippen LogP contribution < -0.4 is 0 Å². The molecule has 0 aromatic carbocycles. The Morgan fingerprint density at radius 2 is 1.50 bits per heavy atom. The zero-order chi connectivity index (χ0) is 2.71. The SMILES string of the molecule is CCC.[Ba+2].[H-].[H-]. The van der Waals surface area contributed by atoms with Crippen molar-refractivity contribution in [2.24, 2.45) is 0 Å². The zero-order valence-corrected chi connectivity index (χ0v) is 7.85. The standard InChI is InChI=1S/C3H8.Ba.2H/c1-3-2;;;/h3H2,1-2H3;;;/q;+2;2*-1. The molecule has 0 radical (unpaired) electrons. The van der Waals surface area contributed by atoms with Crippen LogP contribution in [-0.2, 0) is 0 Å². The third-order valence-corrected chi connectivity index (χ3v) is 0. The van der Waals surface area contributed by atoms with Crippen molar-refractivity contribution in [1.29, 1.82) is 0 Å². The molecule has 0 aromatic heterocycles. The topological polar surface area (TPSA) is 0 Å². The predicted octanol–water partition coefficient (Wildman–Crippen LogP) is 1.26. The molecule has 4 heavy (non-hydrogen) atoms. The van der Waals surface area contributed by atoms with E-state index in [-0.39, 0.29) is 51.7 Å². The minimum atomic E-state index is 0. The van der Waals surface area contributed by atoms with Gasteiger partial charge in [-0.05, 0) is 0 Å². The maximum absolute atomic E-state index is 2.12. The Morgan fingerprint density at radius 1 is 1.50 bits per heavy atom. The second-order valence-corrected chi connectivity index (χ2v) is 0.707. The van der Waals surface area contributed by atoms with E-state index in [1.807, 2.05) is 0 Å². The van der Waals surface area contributed by atoms with Crippen molar-refractivity contribution in [3.05, 3.63) is 0 Å². The Labute approximate surface area is 71.0 Å². The second kappa shape index (κ2) is 8.82. The van der Waals surface area contributed by atoms with E-state index in [4.69, 9.17) is 0 Å². The molecule has 0 saturated carbocycles. The van der Waals surface area contributed by atoms with E-state index in [2.05, 4.69) is 13.8 Å². The molecule has 0 nitrogen and oxygen atoms in total. The summed E-state index contributed by atoms with van der Waals surface area (Å²) in [5, 5.41) is 0. The van der Waals surface area contributed by atoms with Gasteiger partial charge in [0.2, 0.25) is 0 Å². The van der Waals surface area contributed by atoms with Crippen LogP contribution in [0.25, 0.3) is 0 Å². The first-order valence-electron chi connectivity index (χ1n) is 1.41. The van der Waals surface area contributed by atoms with E-state index < -0.39 is 0 Å². The summed E-state index contributed by atoms with van der Waals surface area (Å²) in [6.07, 6.45) is 1.25. The molecule has 0 aliphatic carbocycles. The van der Waals surface area contributed by atoms with Gasteiger partial charge in [0.05, 0.1) is 0 Å². The summed E-state index contributed by atoms with van der Waals surface area (Å²) in [5.41, 5.74) is 0. The van der Waals surface area contributed by atoms with E-state index in [0.717, 1.165) is 0 Å². The zero-order valence-electron chi connectivity index (χ0n) is 5.41. The minimum Gasteiger partial charge on any atom is -1.00 e. The molecule has 0 fully saturated rings. The van der Waals surface area contributed by atoms with Crippen LogP contribution in [0.3, 0.4) is 0 Å². The molecular weight excluding hydrogens is 173 g/mol. The maximum Gasteiger partial charge on any atom is 2.00 e. The summed E-state index contributed by atoms with van der Waals surface area (Å²) in [5.74, 6) is 0. The maximum atomic E-state index is 2.12. The smallest absolute Gasteiger partial charge is 1.00 e. The Kier molecular flexibility index (Phi) is 20.1. The van der Waals surface area contributed by atoms with Crippen LogP contribution in [-0.4, -0.2) is 48.9 Å². The fraction of sp³-hybridized carbons (Fsp3) is 1.00. The molecule has 1 heteroatoms. The number of rotatable bonds is 0. The van der Waals surface area contributed by atoms with Gasteiger partial charge in [-0.25, -0.2) is 0 Å². The normalized spacial score (nSPS) is 4.50. The average molecular weight is 183 g/mol. The predicted molar refractivity (Wildman–Crippen MR) is 23.9 cm³/mol. The molecular formula is C3H10Ba. The van der Waals surface area contributed by atoms with Crippen LogP contribution in [0.5, 0.6) is 0 Å². The molecule has 0 amide bonds. The Balaban J connectivity index is -0.00000000667. The van der Waals surface area contributed by atoms with Gasteiger partial charge in [0, 0.05) is 0 Å². The van der Waals surface area contributed by atoms with Crippen LogP contribution in [0.1, 0.15) is 23.1 Å². The van der Waals surface area contributed by atoms with Crippen LogP contribution in [0.15, 0.2) is 0 Å². The van der Waals surface area contributed by atoms with Crippen molar-refractivity contribution in [2.45, 2.75) is 20.3 Å². The van der Waals surface area contributed by atoms with Crippen molar-refractivity contribution in [1.82, 2.24) is 0 Å². The van der Waals surface area contributed by atoms with Gasteiger partial charge >= 0.3 is 48.9 Å². The molecule has 0 rings (SSSR count). The molecule has 24 valence electrons. The minimum absolute atomic E-state index is 0. The average Bonchev–Trinajstić information content (AvgIpc) is 0.918. The first-order valence-corrected chi connectivity index (χ1v) is 1.41. The summed E-state index contributed by atoms with van der Waals surface area (Å²) in [7, 11) is 0. The van der Waals surface area contributed by atoms with Gasteiger partial charge in [0.25, 0.3) is 0 Å². The summed E-state index contributed by atoms with van der Waals surface area (Å²) >= 11 is 0. The van der Waals surface area contributed by atoms with Crippen LogP contribution in [0, 0.1) is 0 Å². The van der Waals surface area contributed by atoms with Gasteiger partial charge in [0.1, 0.15) is 0 Å². The fourth-order valence-corrected chi connectivity index (χ4v) is 0. The van der Waals surface area contributed by atoms with Crippen molar-refractivity contribution in [3.63, 3.8) is 0 Å². The van der Waals surface area contributed by atoms with Gasteiger partial charge in [-0.15, -0.1) is 0 Å². The summed E-state index contributed by atoms with van der Waals surface area (Å²) in [4.78, 5) is 0. The molecule has 0 atom stereocenters. The fourth-order valence-electron chi connectivity index (χ4n) is 0. The Morgan fingerprint density at radius 3 is 1.50 bits per heavy atom. The van der Waals surface area contributed by atoms with Crippen LogP contribution in [0.2, 0.25) is 0 Å². The molecule has 0 bridgehead atoms. The monoisotopic (exact) mass is 184 g/mol. The van der Waals surface area contributed by atoms with E-state index in [0.29, 0.717) is 0 Å². The molecule has 0 N–H and O–H groups in total. The molecule has 0 heterocycles.